The molecule has 1 fully saturated rings. The molecule has 1 heterocycles. The minimum absolute atomic E-state index is 0.0920. The monoisotopic (exact) mass is 276 g/mol. The standard InChI is InChI=1S/C16H21ClN2/c1-11-9-12-14(19-11)6-5-13(15(12)17)16(10-18)7-3-2-4-8-16/h5-6,9,19H,2-4,7-8,10,18H2,1H3. The maximum atomic E-state index is 6.68. The number of halogens is 1. The Labute approximate surface area is 119 Å². The molecule has 19 heavy (non-hydrogen) atoms. The Hall–Kier alpha value is -0.990. The third kappa shape index (κ3) is 2.07. The zero-order valence-corrected chi connectivity index (χ0v) is 12.2. The molecule has 0 atom stereocenters. The fourth-order valence-electron chi connectivity index (χ4n) is 3.53. The molecule has 0 bridgehead atoms. The van der Waals surface area contributed by atoms with Gasteiger partial charge in [-0.3, -0.25) is 0 Å². The average Bonchev–Trinajstić information content (AvgIpc) is 2.81. The van der Waals surface area contributed by atoms with Gasteiger partial charge in [-0.05, 0) is 37.5 Å². The highest BCUT2D eigenvalue weighted by Gasteiger charge is 2.34. The van der Waals surface area contributed by atoms with Gasteiger partial charge in [-0.15, -0.1) is 0 Å². The number of benzene rings is 1. The third-order valence-corrected chi connectivity index (χ3v) is 5.05. The first-order valence-electron chi connectivity index (χ1n) is 7.15. The van der Waals surface area contributed by atoms with Crippen LogP contribution in [0.1, 0.15) is 43.4 Å². The molecule has 0 saturated heterocycles. The van der Waals surface area contributed by atoms with Crippen molar-refractivity contribution in [1.29, 1.82) is 0 Å². The van der Waals surface area contributed by atoms with Crippen molar-refractivity contribution in [3.63, 3.8) is 0 Å². The van der Waals surface area contributed by atoms with Crippen LogP contribution in [-0.2, 0) is 5.41 Å². The molecule has 102 valence electrons. The predicted molar refractivity (Wildman–Crippen MR) is 81.9 cm³/mol. The molecule has 1 aliphatic carbocycles. The topological polar surface area (TPSA) is 41.8 Å². The van der Waals surface area contributed by atoms with Crippen LogP contribution in [0.3, 0.4) is 0 Å². The van der Waals surface area contributed by atoms with Gasteiger partial charge >= 0.3 is 0 Å². The molecule has 0 spiro atoms. The van der Waals surface area contributed by atoms with Crippen molar-refractivity contribution in [1.82, 2.24) is 4.98 Å². The Morgan fingerprint density at radius 3 is 2.68 bits per heavy atom. The van der Waals surface area contributed by atoms with E-state index in [-0.39, 0.29) is 5.41 Å². The number of hydrogen-bond donors (Lipinski definition) is 2. The Morgan fingerprint density at radius 1 is 1.26 bits per heavy atom. The second kappa shape index (κ2) is 4.84. The molecule has 1 saturated carbocycles. The minimum Gasteiger partial charge on any atom is -0.359 e. The van der Waals surface area contributed by atoms with Gasteiger partial charge in [0.1, 0.15) is 0 Å². The molecule has 1 aliphatic rings. The van der Waals surface area contributed by atoms with E-state index in [1.54, 1.807) is 0 Å². The van der Waals surface area contributed by atoms with Crippen LogP contribution in [0.2, 0.25) is 5.02 Å². The molecule has 0 radical (unpaired) electrons. The van der Waals surface area contributed by atoms with E-state index >= 15 is 0 Å². The quantitative estimate of drug-likeness (QED) is 0.844. The summed E-state index contributed by atoms with van der Waals surface area (Å²) in [5.74, 6) is 0. The Balaban J connectivity index is 2.15. The largest absolute Gasteiger partial charge is 0.359 e. The van der Waals surface area contributed by atoms with E-state index in [9.17, 15) is 0 Å². The van der Waals surface area contributed by atoms with Crippen LogP contribution in [0.25, 0.3) is 10.9 Å². The summed E-state index contributed by atoms with van der Waals surface area (Å²) in [6.45, 7) is 2.76. The molecule has 2 nitrogen and oxygen atoms in total. The lowest BCUT2D eigenvalue weighted by molar-refractivity contribution is 0.301. The molecule has 0 aliphatic heterocycles. The molecular weight excluding hydrogens is 256 g/mol. The van der Waals surface area contributed by atoms with Crippen molar-refractivity contribution in [3.05, 3.63) is 34.5 Å². The molecule has 1 aromatic carbocycles. The SMILES string of the molecule is Cc1cc2c(Cl)c(C3(CN)CCCCC3)ccc2[nH]1. The number of nitrogens with two attached hydrogens (primary N) is 1. The van der Waals surface area contributed by atoms with E-state index in [1.165, 1.54) is 24.8 Å². The maximum Gasteiger partial charge on any atom is 0.0538 e. The summed E-state index contributed by atoms with van der Waals surface area (Å²) >= 11 is 6.68. The summed E-state index contributed by atoms with van der Waals surface area (Å²) in [6.07, 6.45) is 6.18. The third-order valence-electron chi connectivity index (χ3n) is 4.65. The summed E-state index contributed by atoms with van der Waals surface area (Å²) in [4.78, 5) is 3.34. The minimum atomic E-state index is 0.0920. The van der Waals surface area contributed by atoms with Crippen LogP contribution in [-0.4, -0.2) is 11.5 Å². The van der Waals surface area contributed by atoms with Gasteiger partial charge in [0.2, 0.25) is 0 Å². The van der Waals surface area contributed by atoms with Gasteiger partial charge in [0.15, 0.2) is 0 Å². The summed E-state index contributed by atoms with van der Waals surface area (Å²) in [5, 5.41) is 2.03. The average molecular weight is 277 g/mol. The summed E-state index contributed by atoms with van der Waals surface area (Å²) in [5.41, 5.74) is 9.74. The highest BCUT2D eigenvalue weighted by atomic mass is 35.5. The van der Waals surface area contributed by atoms with Crippen molar-refractivity contribution >= 4 is 22.5 Å². The van der Waals surface area contributed by atoms with E-state index < -0.39 is 0 Å². The van der Waals surface area contributed by atoms with Gasteiger partial charge in [0.05, 0.1) is 5.02 Å². The van der Waals surface area contributed by atoms with Gasteiger partial charge in [0.25, 0.3) is 0 Å². The molecule has 2 aromatic rings. The van der Waals surface area contributed by atoms with Crippen molar-refractivity contribution in [2.24, 2.45) is 5.73 Å². The van der Waals surface area contributed by atoms with Crippen molar-refractivity contribution < 1.29 is 0 Å². The van der Waals surface area contributed by atoms with Gasteiger partial charge < -0.3 is 10.7 Å². The normalized spacial score (nSPS) is 18.9. The first kappa shape index (κ1) is 13.0. The number of nitrogens with one attached hydrogen (secondary N) is 1. The fourth-order valence-corrected chi connectivity index (χ4v) is 3.95. The van der Waals surface area contributed by atoms with Gasteiger partial charge in [-0.2, -0.15) is 0 Å². The van der Waals surface area contributed by atoms with Crippen LogP contribution in [0.5, 0.6) is 0 Å². The molecule has 0 amide bonds. The van der Waals surface area contributed by atoms with E-state index in [4.69, 9.17) is 17.3 Å². The maximum absolute atomic E-state index is 6.68. The lowest BCUT2D eigenvalue weighted by atomic mass is 9.69. The lowest BCUT2D eigenvalue weighted by Crippen LogP contribution is -2.37. The zero-order chi connectivity index (χ0) is 13.5. The summed E-state index contributed by atoms with van der Waals surface area (Å²) in [6, 6.07) is 6.46. The summed E-state index contributed by atoms with van der Waals surface area (Å²) < 4.78 is 0. The number of fused-ring (bicyclic) bond motifs is 1. The predicted octanol–water partition coefficient (Wildman–Crippen LogP) is 4.29. The van der Waals surface area contributed by atoms with Crippen LogP contribution in [0, 0.1) is 6.92 Å². The molecule has 3 N–H and O–H groups in total. The zero-order valence-electron chi connectivity index (χ0n) is 11.4. The summed E-state index contributed by atoms with van der Waals surface area (Å²) in [7, 11) is 0. The van der Waals surface area contributed by atoms with Crippen molar-refractivity contribution in [2.45, 2.75) is 44.4 Å². The molecule has 0 unspecified atom stereocenters. The Morgan fingerprint density at radius 2 is 2.00 bits per heavy atom. The van der Waals surface area contributed by atoms with E-state index in [1.807, 2.05) is 0 Å². The van der Waals surface area contributed by atoms with Crippen LogP contribution < -0.4 is 5.73 Å². The number of rotatable bonds is 2. The smallest absolute Gasteiger partial charge is 0.0538 e. The van der Waals surface area contributed by atoms with Crippen molar-refractivity contribution in [3.8, 4) is 0 Å². The molecule has 3 heteroatoms. The van der Waals surface area contributed by atoms with E-state index in [2.05, 4.69) is 30.1 Å². The lowest BCUT2D eigenvalue weighted by Gasteiger charge is -2.37. The van der Waals surface area contributed by atoms with Gasteiger partial charge in [-0.1, -0.05) is 36.9 Å². The van der Waals surface area contributed by atoms with Gasteiger partial charge in [0, 0.05) is 28.6 Å². The Kier molecular flexibility index (Phi) is 3.32. The number of aromatic nitrogens is 1. The van der Waals surface area contributed by atoms with Crippen LogP contribution in [0.15, 0.2) is 18.2 Å². The highest BCUT2D eigenvalue weighted by Crippen LogP contribution is 2.43. The number of aromatic amines is 1. The van der Waals surface area contributed by atoms with Crippen molar-refractivity contribution in [2.75, 3.05) is 6.54 Å². The van der Waals surface area contributed by atoms with Gasteiger partial charge in [-0.25, -0.2) is 0 Å². The number of aryl methyl sites for hydroxylation is 1. The molecule has 1 aromatic heterocycles. The first-order chi connectivity index (χ1) is 9.16. The first-order valence-corrected chi connectivity index (χ1v) is 7.52. The number of H-pyrrole nitrogens is 1. The fraction of sp³-hybridized carbons (Fsp3) is 0.500. The van der Waals surface area contributed by atoms with Crippen LogP contribution >= 0.6 is 11.6 Å². The molecular formula is C16H21ClN2. The van der Waals surface area contributed by atoms with E-state index in [0.29, 0.717) is 6.54 Å². The van der Waals surface area contributed by atoms with Crippen LogP contribution in [0.4, 0.5) is 0 Å². The second-order valence-electron chi connectivity index (χ2n) is 5.89. The number of hydrogen-bond acceptors (Lipinski definition) is 1. The second-order valence-corrected chi connectivity index (χ2v) is 6.26. The Bertz CT molecular complexity index is 594. The highest BCUT2D eigenvalue weighted by molar-refractivity contribution is 6.36. The molecule has 3 rings (SSSR count). The van der Waals surface area contributed by atoms with E-state index in [0.717, 1.165) is 34.5 Å².